The largest absolute Gasteiger partial charge is 0.493 e. The highest BCUT2D eigenvalue weighted by molar-refractivity contribution is 7.18. The molecule has 0 spiro atoms. The number of hydrogen-bond donors (Lipinski definition) is 2. The molecule has 0 unspecified atom stereocenters. The Bertz CT molecular complexity index is 846. The van der Waals surface area contributed by atoms with E-state index in [4.69, 9.17) is 9.47 Å². The monoisotopic (exact) mass is 357 g/mol. The lowest BCUT2D eigenvalue weighted by atomic mass is 10.2. The lowest BCUT2D eigenvalue weighted by Gasteiger charge is -2.10. The average molecular weight is 357 g/mol. The number of nitrogens with zero attached hydrogens (tertiary/aromatic N) is 1. The number of methoxy groups -OCH3 is 2. The lowest BCUT2D eigenvalue weighted by molar-refractivity contribution is 0.240. The van der Waals surface area contributed by atoms with Gasteiger partial charge in [0, 0.05) is 6.54 Å². The third-order valence-corrected chi connectivity index (χ3v) is 4.68. The highest BCUT2D eigenvalue weighted by Gasteiger charge is 2.07. The second kappa shape index (κ2) is 7.85. The van der Waals surface area contributed by atoms with Crippen molar-refractivity contribution in [2.24, 2.45) is 0 Å². The summed E-state index contributed by atoms with van der Waals surface area (Å²) < 4.78 is 11.6. The van der Waals surface area contributed by atoms with Crippen LogP contribution >= 0.6 is 11.3 Å². The van der Waals surface area contributed by atoms with Crippen molar-refractivity contribution in [3.8, 4) is 11.5 Å². The average Bonchev–Trinajstić information content (AvgIpc) is 3.07. The minimum absolute atomic E-state index is 0.242. The lowest BCUT2D eigenvalue weighted by Crippen LogP contribution is -2.34. The van der Waals surface area contributed by atoms with Crippen LogP contribution in [0.15, 0.2) is 42.5 Å². The zero-order chi connectivity index (χ0) is 17.6. The minimum atomic E-state index is -0.242. The maximum atomic E-state index is 12.0. The summed E-state index contributed by atoms with van der Waals surface area (Å²) in [6, 6.07) is 13.2. The van der Waals surface area contributed by atoms with Crippen LogP contribution < -0.4 is 20.1 Å². The Labute approximate surface area is 149 Å². The van der Waals surface area contributed by atoms with Crippen LogP contribution in [0.25, 0.3) is 10.2 Å². The number of carbonyl (C=O) groups is 1. The molecule has 0 aliphatic rings. The molecule has 0 saturated carbocycles. The van der Waals surface area contributed by atoms with Crippen LogP contribution in [-0.2, 0) is 13.1 Å². The minimum Gasteiger partial charge on any atom is -0.493 e. The van der Waals surface area contributed by atoms with Crippen LogP contribution in [0, 0.1) is 0 Å². The van der Waals surface area contributed by atoms with Gasteiger partial charge in [0.2, 0.25) is 0 Å². The zero-order valence-corrected chi connectivity index (χ0v) is 14.9. The topological polar surface area (TPSA) is 72.5 Å². The predicted octanol–water partition coefficient (Wildman–Crippen LogP) is 3.31. The van der Waals surface area contributed by atoms with Crippen molar-refractivity contribution in [2.45, 2.75) is 13.1 Å². The van der Waals surface area contributed by atoms with Crippen molar-refractivity contribution in [1.29, 1.82) is 0 Å². The van der Waals surface area contributed by atoms with E-state index in [1.807, 2.05) is 42.5 Å². The first-order chi connectivity index (χ1) is 12.2. The van der Waals surface area contributed by atoms with Gasteiger partial charge in [-0.3, -0.25) is 0 Å². The van der Waals surface area contributed by atoms with E-state index in [0.29, 0.717) is 24.6 Å². The summed E-state index contributed by atoms with van der Waals surface area (Å²) in [6.45, 7) is 0.795. The number of carbonyl (C=O) groups excluding carboxylic acids is 1. The molecular formula is C18H19N3O3S. The molecule has 7 heteroatoms. The molecule has 3 rings (SSSR count). The van der Waals surface area contributed by atoms with Gasteiger partial charge < -0.3 is 20.1 Å². The highest BCUT2D eigenvalue weighted by atomic mass is 32.1. The van der Waals surface area contributed by atoms with Crippen molar-refractivity contribution < 1.29 is 14.3 Å². The molecule has 3 aromatic rings. The Balaban J connectivity index is 1.52. The molecule has 2 N–H and O–H groups in total. The van der Waals surface area contributed by atoms with E-state index in [9.17, 15) is 4.79 Å². The van der Waals surface area contributed by atoms with Gasteiger partial charge in [0.15, 0.2) is 11.5 Å². The number of benzene rings is 2. The summed E-state index contributed by atoms with van der Waals surface area (Å²) in [5.74, 6) is 1.29. The van der Waals surface area contributed by atoms with E-state index in [0.717, 1.165) is 20.8 Å². The smallest absolute Gasteiger partial charge is 0.315 e. The summed E-state index contributed by atoms with van der Waals surface area (Å²) in [5.41, 5.74) is 1.88. The molecule has 2 aromatic carbocycles. The molecule has 0 radical (unpaired) electrons. The van der Waals surface area contributed by atoms with Gasteiger partial charge >= 0.3 is 6.03 Å². The van der Waals surface area contributed by atoms with E-state index in [2.05, 4.69) is 15.6 Å². The zero-order valence-electron chi connectivity index (χ0n) is 14.0. The number of nitrogens with one attached hydrogen (secondary N) is 2. The van der Waals surface area contributed by atoms with E-state index >= 15 is 0 Å². The van der Waals surface area contributed by atoms with Crippen molar-refractivity contribution in [3.63, 3.8) is 0 Å². The molecule has 1 heterocycles. The van der Waals surface area contributed by atoms with E-state index in [1.165, 1.54) is 0 Å². The quantitative estimate of drug-likeness (QED) is 0.710. The first-order valence-electron chi connectivity index (χ1n) is 7.76. The van der Waals surface area contributed by atoms with Crippen LogP contribution in [0.2, 0.25) is 0 Å². The Kier molecular flexibility index (Phi) is 5.35. The van der Waals surface area contributed by atoms with E-state index < -0.39 is 0 Å². The second-order valence-corrected chi connectivity index (χ2v) is 6.42. The molecule has 0 atom stereocenters. The molecule has 0 bridgehead atoms. The Morgan fingerprint density at radius 1 is 1.04 bits per heavy atom. The SMILES string of the molecule is COc1ccc(CNC(=O)NCc2nc3ccccc3s2)cc1OC. The molecule has 25 heavy (non-hydrogen) atoms. The number of thiazole rings is 1. The van der Waals surface area contributed by atoms with Crippen LogP contribution in [0.3, 0.4) is 0 Å². The van der Waals surface area contributed by atoms with E-state index in [-0.39, 0.29) is 6.03 Å². The standard InChI is InChI=1S/C18H19N3O3S/c1-23-14-8-7-12(9-15(14)24-2)10-19-18(22)20-11-17-21-13-5-3-4-6-16(13)25-17/h3-9H,10-11H2,1-2H3,(H2,19,20,22). The van der Waals surface area contributed by atoms with Crippen LogP contribution in [0.4, 0.5) is 4.79 Å². The summed E-state index contributed by atoms with van der Waals surface area (Å²) in [5, 5.41) is 6.52. The molecule has 0 saturated heterocycles. The number of hydrogen-bond acceptors (Lipinski definition) is 5. The molecule has 0 aliphatic heterocycles. The fourth-order valence-corrected chi connectivity index (χ4v) is 3.29. The van der Waals surface area contributed by atoms with Crippen molar-refractivity contribution in [2.75, 3.05) is 14.2 Å². The van der Waals surface area contributed by atoms with Gasteiger partial charge in [0.25, 0.3) is 0 Å². The first-order valence-corrected chi connectivity index (χ1v) is 8.58. The number of amides is 2. The Hall–Kier alpha value is -2.80. The predicted molar refractivity (Wildman–Crippen MR) is 98.2 cm³/mol. The van der Waals surface area contributed by atoms with Crippen molar-refractivity contribution in [3.05, 3.63) is 53.0 Å². The van der Waals surface area contributed by atoms with Crippen molar-refractivity contribution in [1.82, 2.24) is 15.6 Å². The summed E-state index contributed by atoms with van der Waals surface area (Å²) >= 11 is 1.58. The molecule has 0 fully saturated rings. The number of fused-ring (bicyclic) bond motifs is 1. The number of para-hydroxylation sites is 1. The molecule has 1 aromatic heterocycles. The van der Waals surface area contributed by atoms with Crippen LogP contribution in [0.1, 0.15) is 10.6 Å². The van der Waals surface area contributed by atoms with Gasteiger partial charge in [0.05, 0.1) is 31.0 Å². The fourth-order valence-electron chi connectivity index (χ4n) is 2.39. The highest BCUT2D eigenvalue weighted by Crippen LogP contribution is 2.27. The van der Waals surface area contributed by atoms with E-state index in [1.54, 1.807) is 25.6 Å². The van der Waals surface area contributed by atoms with Gasteiger partial charge in [-0.2, -0.15) is 0 Å². The summed E-state index contributed by atoms with van der Waals surface area (Å²) in [7, 11) is 3.17. The van der Waals surface area contributed by atoms with Gasteiger partial charge in [-0.1, -0.05) is 18.2 Å². The van der Waals surface area contributed by atoms with Crippen molar-refractivity contribution >= 4 is 27.6 Å². The normalized spacial score (nSPS) is 10.5. The summed E-state index contributed by atoms with van der Waals surface area (Å²) in [4.78, 5) is 16.5. The van der Waals surface area contributed by atoms with Gasteiger partial charge in [-0.05, 0) is 29.8 Å². The summed E-state index contributed by atoms with van der Waals surface area (Å²) in [6.07, 6.45) is 0. The number of ether oxygens (including phenoxy) is 2. The molecule has 130 valence electrons. The number of urea groups is 1. The van der Waals surface area contributed by atoms with Gasteiger partial charge in [-0.15, -0.1) is 11.3 Å². The third-order valence-electron chi connectivity index (χ3n) is 3.64. The molecule has 2 amide bonds. The van der Waals surface area contributed by atoms with Crippen LogP contribution in [0.5, 0.6) is 11.5 Å². The van der Waals surface area contributed by atoms with Gasteiger partial charge in [0.1, 0.15) is 5.01 Å². The van der Waals surface area contributed by atoms with Crippen LogP contribution in [-0.4, -0.2) is 25.2 Å². The molecular weight excluding hydrogens is 338 g/mol. The fraction of sp³-hybridized carbons (Fsp3) is 0.222. The molecule has 6 nitrogen and oxygen atoms in total. The maximum Gasteiger partial charge on any atom is 0.315 e. The number of aromatic nitrogens is 1. The third kappa shape index (κ3) is 4.19. The number of rotatable bonds is 6. The Morgan fingerprint density at radius 2 is 1.80 bits per heavy atom. The maximum absolute atomic E-state index is 12.0. The van der Waals surface area contributed by atoms with Gasteiger partial charge in [-0.25, -0.2) is 9.78 Å². The Morgan fingerprint density at radius 3 is 2.56 bits per heavy atom. The second-order valence-electron chi connectivity index (χ2n) is 5.30. The first kappa shape index (κ1) is 17.0. The molecule has 0 aliphatic carbocycles.